The Hall–Kier alpha value is -1.76. The Bertz CT molecular complexity index is 691. The molecule has 0 N–H and O–H groups in total. The van der Waals surface area contributed by atoms with Crippen LogP contribution in [-0.4, -0.2) is 43.1 Å². The molecule has 0 radical (unpaired) electrons. The zero-order valence-corrected chi connectivity index (χ0v) is 14.9. The van der Waals surface area contributed by atoms with Gasteiger partial charge in [-0.1, -0.05) is 28.1 Å². The predicted molar refractivity (Wildman–Crippen MR) is 90.6 cm³/mol. The molecule has 1 aliphatic heterocycles. The lowest BCUT2D eigenvalue weighted by Gasteiger charge is -2.38. The van der Waals surface area contributed by atoms with Gasteiger partial charge in [0.2, 0.25) is 11.7 Å². The summed E-state index contributed by atoms with van der Waals surface area (Å²) in [5.41, 5.74) is 0.867. The average Bonchev–Trinajstić information content (AvgIpc) is 2.95. The molecule has 0 aliphatic carbocycles. The number of piperidine rings is 1. The number of carbonyl (C=O) groups excluding carboxylic acids is 1. The minimum Gasteiger partial charge on any atom is -0.336 e. The molecule has 7 heteroatoms. The van der Waals surface area contributed by atoms with E-state index in [1.165, 1.54) is 11.2 Å². The summed E-state index contributed by atoms with van der Waals surface area (Å²) in [6.45, 7) is 4.34. The number of halogens is 1. The Labute approximate surface area is 144 Å². The number of carbonyl (C=O) groups is 1. The minimum absolute atomic E-state index is 0.0563. The Morgan fingerprint density at radius 3 is 2.65 bits per heavy atom. The number of benzene rings is 1. The number of likely N-dealkylation sites (tertiary alicyclic amines) is 1. The first-order valence-corrected chi connectivity index (χ1v) is 8.69. The molecule has 122 valence electrons. The molecule has 1 aromatic carbocycles. The summed E-state index contributed by atoms with van der Waals surface area (Å²) < 4.78 is 0.907. The van der Waals surface area contributed by atoms with Crippen molar-refractivity contribution in [3.63, 3.8) is 0 Å². The second kappa shape index (κ2) is 6.78. The Kier molecular flexibility index (Phi) is 4.75. The van der Waals surface area contributed by atoms with Crippen LogP contribution in [0, 0.1) is 0 Å². The van der Waals surface area contributed by atoms with E-state index in [9.17, 15) is 4.79 Å². The van der Waals surface area contributed by atoms with Crippen LogP contribution in [0.15, 0.2) is 28.7 Å². The van der Waals surface area contributed by atoms with Crippen LogP contribution in [-0.2, 0) is 11.3 Å². The van der Waals surface area contributed by atoms with E-state index in [1.54, 1.807) is 0 Å². The lowest BCUT2D eigenvalue weighted by molar-refractivity contribution is -0.138. The van der Waals surface area contributed by atoms with Crippen LogP contribution in [0.2, 0.25) is 0 Å². The summed E-state index contributed by atoms with van der Waals surface area (Å²) in [5.74, 6) is 0.575. The fourth-order valence-electron chi connectivity index (χ4n) is 3.18. The zero-order chi connectivity index (χ0) is 16.4. The molecule has 1 saturated heterocycles. The van der Waals surface area contributed by atoms with Crippen LogP contribution in [0.25, 0.3) is 11.4 Å². The van der Waals surface area contributed by atoms with E-state index in [2.05, 4.69) is 45.2 Å². The highest BCUT2D eigenvalue weighted by Gasteiger charge is 2.29. The summed E-state index contributed by atoms with van der Waals surface area (Å²) in [6.07, 6.45) is 3.30. The molecule has 0 saturated carbocycles. The van der Waals surface area contributed by atoms with Crippen molar-refractivity contribution in [2.45, 2.75) is 51.7 Å². The Morgan fingerprint density at radius 2 is 1.96 bits per heavy atom. The van der Waals surface area contributed by atoms with Gasteiger partial charge in [0.05, 0.1) is 0 Å². The van der Waals surface area contributed by atoms with Crippen molar-refractivity contribution >= 4 is 21.8 Å². The maximum absolute atomic E-state index is 12.6. The summed E-state index contributed by atoms with van der Waals surface area (Å²) in [7, 11) is 0. The van der Waals surface area contributed by atoms with E-state index in [0.29, 0.717) is 5.82 Å². The number of aromatic nitrogens is 4. The van der Waals surface area contributed by atoms with Gasteiger partial charge in [-0.2, -0.15) is 4.80 Å². The van der Waals surface area contributed by atoms with E-state index < -0.39 is 0 Å². The van der Waals surface area contributed by atoms with E-state index in [-0.39, 0.29) is 24.5 Å². The molecule has 1 aliphatic rings. The SMILES string of the molecule is C[C@@H]1CCC[C@H](C)N1C(=O)Cn1nnc(-c2ccccc2Br)n1. The molecule has 2 atom stereocenters. The Morgan fingerprint density at radius 1 is 1.26 bits per heavy atom. The predicted octanol–water partition coefficient (Wildman–Crippen LogP) is 2.89. The Balaban J connectivity index is 1.74. The van der Waals surface area contributed by atoms with Crippen molar-refractivity contribution in [1.29, 1.82) is 0 Å². The highest BCUT2D eigenvalue weighted by molar-refractivity contribution is 9.10. The second-order valence-corrected chi connectivity index (χ2v) is 6.91. The number of tetrazole rings is 1. The number of rotatable bonds is 3. The first-order valence-electron chi connectivity index (χ1n) is 7.90. The third-order valence-corrected chi connectivity index (χ3v) is 5.02. The number of hydrogen-bond donors (Lipinski definition) is 0. The van der Waals surface area contributed by atoms with Gasteiger partial charge in [-0.05, 0) is 50.5 Å². The van der Waals surface area contributed by atoms with Gasteiger partial charge in [0, 0.05) is 22.1 Å². The molecule has 0 bridgehead atoms. The number of amides is 1. The summed E-state index contributed by atoms with van der Waals surface area (Å²) in [5, 5.41) is 12.4. The molecule has 23 heavy (non-hydrogen) atoms. The highest BCUT2D eigenvalue weighted by Crippen LogP contribution is 2.25. The van der Waals surface area contributed by atoms with E-state index >= 15 is 0 Å². The molecule has 1 fully saturated rings. The minimum atomic E-state index is 0.0563. The number of nitrogens with zero attached hydrogens (tertiary/aromatic N) is 5. The highest BCUT2D eigenvalue weighted by atomic mass is 79.9. The van der Waals surface area contributed by atoms with Crippen molar-refractivity contribution < 1.29 is 4.79 Å². The van der Waals surface area contributed by atoms with Crippen molar-refractivity contribution in [2.75, 3.05) is 0 Å². The van der Waals surface area contributed by atoms with Crippen molar-refractivity contribution in [3.8, 4) is 11.4 Å². The lowest BCUT2D eigenvalue weighted by atomic mass is 9.97. The first kappa shape index (κ1) is 16.1. The zero-order valence-electron chi connectivity index (χ0n) is 13.3. The van der Waals surface area contributed by atoms with Gasteiger partial charge in [0.15, 0.2) is 0 Å². The van der Waals surface area contributed by atoms with Crippen LogP contribution >= 0.6 is 15.9 Å². The van der Waals surface area contributed by atoms with Crippen LogP contribution in [0.1, 0.15) is 33.1 Å². The topological polar surface area (TPSA) is 63.9 Å². The summed E-state index contributed by atoms with van der Waals surface area (Å²) in [6, 6.07) is 8.25. The fourth-order valence-corrected chi connectivity index (χ4v) is 3.64. The summed E-state index contributed by atoms with van der Waals surface area (Å²) in [4.78, 5) is 15.9. The monoisotopic (exact) mass is 377 g/mol. The van der Waals surface area contributed by atoms with Crippen LogP contribution in [0.3, 0.4) is 0 Å². The fraction of sp³-hybridized carbons (Fsp3) is 0.500. The number of hydrogen-bond acceptors (Lipinski definition) is 4. The van der Waals surface area contributed by atoms with Crippen molar-refractivity contribution in [2.24, 2.45) is 0 Å². The van der Waals surface area contributed by atoms with E-state index in [1.807, 2.05) is 29.2 Å². The van der Waals surface area contributed by atoms with Crippen LogP contribution in [0.5, 0.6) is 0 Å². The van der Waals surface area contributed by atoms with Gasteiger partial charge in [0.1, 0.15) is 6.54 Å². The van der Waals surface area contributed by atoms with Crippen LogP contribution < -0.4 is 0 Å². The normalized spacial score (nSPS) is 21.4. The smallest absolute Gasteiger partial charge is 0.246 e. The largest absolute Gasteiger partial charge is 0.336 e. The maximum atomic E-state index is 12.6. The molecular formula is C16H20BrN5O. The molecular weight excluding hydrogens is 358 g/mol. The second-order valence-electron chi connectivity index (χ2n) is 6.05. The molecule has 1 aromatic heterocycles. The van der Waals surface area contributed by atoms with Gasteiger partial charge < -0.3 is 4.90 Å². The van der Waals surface area contributed by atoms with Gasteiger partial charge in [-0.3, -0.25) is 4.79 Å². The van der Waals surface area contributed by atoms with Crippen molar-refractivity contribution in [3.05, 3.63) is 28.7 Å². The van der Waals surface area contributed by atoms with Gasteiger partial charge >= 0.3 is 0 Å². The molecule has 2 aromatic rings. The van der Waals surface area contributed by atoms with Crippen molar-refractivity contribution in [1.82, 2.24) is 25.1 Å². The molecule has 0 spiro atoms. The van der Waals surface area contributed by atoms with Gasteiger partial charge in [-0.25, -0.2) is 0 Å². The standard InChI is InChI=1S/C16H20BrN5O/c1-11-6-5-7-12(2)22(11)15(23)10-21-19-16(18-20-21)13-8-3-4-9-14(13)17/h3-4,8-9,11-12H,5-7,10H2,1-2H3/t11-,12+. The lowest BCUT2D eigenvalue weighted by Crippen LogP contribution is -2.48. The molecule has 6 nitrogen and oxygen atoms in total. The first-order chi connectivity index (χ1) is 11.1. The van der Waals surface area contributed by atoms with E-state index in [0.717, 1.165) is 22.9 Å². The van der Waals surface area contributed by atoms with E-state index in [4.69, 9.17) is 0 Å². The van der Waals surface area contributed by atoms with Crippen LogP contribution in [0.4, 0.5) is 0 Å². The third kappa shape index (κ3) is 3.44. The summed E-state index contributed by atoms with van der Waals surface area (Å²) >= 11 is 3.48. The molecule has 3 rings (SSSR count). The van der Waals surface area contributed by atoms with Gasteiger partial charge in [0.25, 0.3) is 0 Å². The molecule has 2 heterocycles. The third-order valence-electron chi connectivity index (χ3n) is 4.33. The molecule has 0 unspecified atom stereocenters. The maximum Gasteiger partial charge on any atom is 0.246 e. The average molecular weight is 378 g/mol. The van der Waals surface area contributed by atoms with Gasteiger partial charge in [-0.15, -0.1) is 10.2 Å². The molecule has 1 amide bonds. The quantitative estimate of drug-likeness (QED) is 0.824.